The fourth-order valence-corrected chi connectivity index (χ4v) is 1.78. The molecule has 1 atom stereocenters. The molecule has 5 N–H and O–H groups in total. The fourth-order valence-electron chi connectivity index (χ4n) is 1.78. The summed E-state index contributed by atoms with van der Waals surface area (Å²) in [5, 5.41) is 15.7. The van der Waals surface area contributed by atoms with Crippen molar-refractivity contribution in [3.05, 3.63) is 22.2 Å². The molecule has 0 aromatic carbocycles. The van der Waals surface area contributed by atoms with Crippen LogP contribution in [0.25, 0.3) is 0 Å². The Hall–Kier alpha value is -2.75. The summed E-state index contributed by atoms with van der Waals surface area (Å²) in [4.78, 5) is 36.8. The van der Waals surface area contributed by atoms with Crippen LogP contribution in [0.5, 0.6) is 0 Å². The second kappa shape index (κ2) is 5.48. The van der Waals surface area contributed by atoms with Crippen molar-refractivity contribution in [3.63, 3.8) is 0 Å². The Morgan fingerprint density at radius 1 is 1.45 bits per heavy atom. The fraction of sp³-hybridized carbons (Fsp3) is 0.300. The van der Waals surface area contributed by atoms with E-state index < -0.39 is 16.9 Å². The summed E-state index contributed by atoms with van der Waals surface area (Å²) in [6, 6.07) is 1.80. The second-order valence-corrected chi connectivity index (χ2v) is 4.11. The van der Waals surface area contributed by atoms with Crippen molar-refractivity contribution in [3.8, 4) is 0 Å². The van der Waals surface area contributed by atoms with Crippen LogP contribution in [0.3, 0.4) is 0 Å². The zero-order valence-corrected chi connectivity index (χ0v) is 10.3. The summed E-state index contributed by atoms with van der Waals surface area (Å²) in [6.45, 7) is 0. The summed E-state index contributed by atoms with van der Waals surface area (Å²) < 4.78 is 0. The molecule has 2 rings (SSSR count). The number of pyridine rings is 1. The number of nitrogen functional groups attached to an aromatic ring is 1. The maximum absolute atomic E-state index is 11.6. The lowest BCUT2D eigenvalue weighted by Crippen LogP contribution is -2.47. The van der Waals surface area contributed by atoms with E-state index in [1.807, 2.05) is 0 Å². The van der Waals surface area contributed by atoms with E-state index in [2.05, 4.69) is 21.0 Å². The Balaban J connectivity index is 2.25. The van der Waals surface area contributed by atoms with Gasteiger partial charge in [-0.15, -0.1) is 0 Å². The highest BCUT2D eigenvalue weighted by atomic mass is 16.6. The first-order valence-corrected chi connectivity index (χ1v) is 5.73. The van der Waals surface area contributed by atoms with Gasteiger partial charge < -0.3 is 10.7 Å². The molecule has 0 aliphatic carbocycles. The van der Waals surface area contributed by atoms with Crippen LogP contribution < -0.4 is 21.9 Å². The molecule has 2 amide bonds. The van der Waals surface area contributed by atoms with Crippen LogP contribution in [0.2, 0.25) is 0 Å². The molecule has 2 heterocycles. The maximum atomic E-state index is 11.6. The van der Waals surface area contributed by atoms with Gasteiger partial charge in [0.25, 0.3) is 0 Å². The highest BCUT2D eigenvalue weighted by Crippen LogP contribution is 2.25. The molecule has 1 aliphatic rings. The van der Waals surface area contributed by atoms with Crippen LogP contribution in [-0.2, 0) is 9.59 Å². The molecule has 1 aromatic heterocycles. The van der Waals surface area contributed by atoms with E-state index in [1.165, 1.54) is 12.1 Å². The third-order valence-electron chi connectivity index (χ3n) is 2.77. The summed E-state index contributed by atoms with van der Waals surface area (Å²) in [5.74, 6) is 4.41. The minimum Gasteiger partial charge on any atom is -0.353 e. The van der Waals surface area contributed by atoms with Gasteiger partial charge in [0.15, 0.2) is 0 Å². The smallest absolute Gasteiger partial charge is 0.311 e. The van der Waals surface area contributed by atoms with Gasteiger partial charge in [0.05, 0.1) is 4.92 Å². The molecular formula is C10H12N6O4. The first-order valence-electron chi connectivity index (χ1n) is 5.73. The van der Waals surface area contributed by atoms with Gasteiger partial charge in [-0.05, 0) is 12.5 Å². The van der Waals surface area contributed by atoms with E-state index in [1.54, 1.807) is 0 Å². The highest BCUT2D eigenvalue weighted by molar-refractivity contribution is 6.01. The van der Waals surface area contributed by atoms with E-state index in [9.17, 15) is 19.7 Å². The molecule has 20 heavy (non-hydrogen) atoms. The van der Waals surface area contributed by atoms with Gasteiger partial charge in [-0.25, -0.2) is 10.8 Å². The number of hydrogen-bond acceptors (Lipinski definition) is 8. The van der Waals surface area contributed by atoms with Gasteiger partial charge in [-0.1, -0.05) is 0 Å². The van der Waals surface area contributed by atoms with Crippen molar-refractivity contribution in [2.75, 3.05) is 10.7 Å². The zero-order valence-electron chi connectivity index (χ0n) is 10.3. The van der Waals surface area contributed by atoms with Crippen LogP contribution in [0.1, 0.15) is 12.8 Å². The number of nitrogens with one attached hydrogen (secondary N) is 3. The molecule has 0 saturated carbocycles. The van der Waals surface area contributed by atoms with Gasteiger partial charge >= 0.3 is 5.69 Å². The minimum atomic E-state index is -0.757. The van der Waals surface area contributed by atoms with Crippen molar-refractivity contribution in [1.82, 2.24) is 10.3 Å². The second-order valence-electron chi connectivity index (χ2n) is 4.11. The molecule has 0 radical (unpaired) electrons. The van der Waals surface area contributed by atoms with Crippen molar-refractivity contribution >= 4 is 29.1 Å². The predicted octanol–water partition coefficient (Wildman–Crippen LogP) is -0.508. The lowest BCUT2D eigenvalue weighted by molar-refractivity contribution is -0.384. The van der Waals surface area contributed by atoms with E-state index in [-0.39, 0.29) is 36.1 Å². The topological polar surface area (TPSA) is 152 Å². The van der Waals surface area contributed by atoms with E-state index in [4.69, 9.17) is 5.84 Å². The number of nitrogens with two attached hydrogens (primary N) is 1. The minimum absolute atomic E-state index is 0.0834. The SMILES string of the molecule is NNc1ccc([N+](=O)[O-])c(NC2CCC(=O)NC2=O)n1. The van der Waals surface area contributed by atoms with Gasteiger partial charge in [-0.2, -0.15) is 0 Å². The average Bonchev–Trinajstić information content (AvgIpc) is 2.41. The quantitative estimate of drug-likeness (QED) is 0.249. The Morgan fingerprint density at radius 2 is 2.20 bits per heavy atom. The predicted molar refractivity (Wildman–Crippen MR) is 68.5 cm³/mol. The Labute approximate surface area is 112 Å². The number of nitrogens with zero attached hydrogens (tertiary/aromatic N) is 2. The number of carbonyl (C=O) groups excluding carboxylic acids is 2. The average molecular weight is 280 g/mol. The molecule has 10 heteroatoms. The number of hydrazine groups is 1. The van der Waals surface area contributed by atoms with Crippen LogP contribution in [0.15, 0.2) is 12.1 Å². The third-order valence-corrected chi connectivity index (χ3v) is 2.77. The number of amides is 2. The van der Waals surface area contributed by atoms with Crippen molar-refractivity contribution in [1.29, 1.82) is 0 Å². The van der Waals surface area contributed by atoms with Crippen LogP contribution in [0.4, 0.5) is 17.3 Å². The highest BCUT2D eigenvalue weighted by Gasteiger charge is 2.29. The first-order chi connectivity index (χ1) is 9.51. The van der Waals surface area contributed by atoms with Crippen LogP contribution in [-0.4, -0.2) is 27.8 Å². The number of anilines is 2. The summed E-state index contributed by atoms with van der Waals surface area (Å²) in [7, 11) is 0. The normalized spacial score (nSPS) is 18.4. The molecule has 1 saturated heterocycles. The number of aromatic nitrogens is 1. The van der Waals surface area contributed by atoms with Gasteiger partial charge in [-0.3, -0.25) is 25.0 Å². The molecule has 1 aromatic rings. The summed E-state index contributed by atoms with van der Waals surface area (Å²) in [5.41, 5.74) is 1.98. The molecular weight excluding hydrogens is 268 g/mol. The number of nitro groups is 1. The molecule has 106 valence electrons. The number of rotatable bonds is 4. The zero-order chi connectivity index (χ0) is 14.7. The lowest BCUT2D eigenvalue weighted by atomic mass is 10.1. The Morgan fingerprint density at radius 3 is 2.80 bits per heavy atom. The monoisotopic (exact) mass is 280 g/mol. The summed E-state index contributed by atoms with van der Waals surface area (Å²) >= 11 is 0. The number of imide groups is 1. The largest absolute Gasteiger partial charge is 0.353 e. The molecule has 1 unspecified atom stereocenters. The van der Waals surface area contributed by atoms with Crippen molar-refractivity contribution in [2.24, 2.45) is 5.84 Å². The first kappa shape index (κ1) is 13.7. The van der Waals surface area contributed by atoms with E-state index in [0.717, 1.165) is 0 Å². The van der Waals surface area contributed by atoms with E-state index in [0.29, 0.717) is 0 Å². The maximum Gasteiger partial charge on any atom is 0.311 e. The van der Waals surface area contributed by atoms with Gasteiger partial charge in [0, 0.05) is 12.5 Å². The molecule has 0 bridgehead atoms. The van der Waals surface area contributed by atoms with Crippen molar-refractivity contribution in [2.45, 2.75) is 18.9 Å². The van der Waals surface area contributed by atoms with E-state index >= 15 is 0 Å². The third kappa shape index (κ3) is 2.80. The lowest BCUT2D eigenvalue weighted by Gasteiger charge is -2.22. The van der Waals surface area contributed by atoms with Gasteiger partial charge in [0.1, 0.15) is 11.9 Å². The Kier molecular flexibility index (Phi) is 3.75. The Bertz CT molecular complexity index is 575. The number of hydrogen-bond donors (Lipinski definition) is 4. The summed E-state index contributed by atoms with van der Waals surface area (Å²) in [6.07, 6.45) is 0.399. The molecule has 1 fully saturated rings. The van der Waals surface area contributed by atoms with Crippen LogP contribution in [0, 0.1) is 10.1 Å². The van der Waals surface area contributed by atoms with Crippen molar-refractivity contribution < 1.29 is 14.5 Å². The van der Waals surface area contributed by atoms with Gasteiger partial charge in [0.2, 0.25) is 17.6 Å². The standard InChI is InChI=1S/C10H12N6O4/c11-15-7-3-2-6(16(19)20)9(13-7)12-5-1-4-8(17)14-10(5)18/h2-3,5H,1,4,11H2,(H2,12,13,15)(H,14,17,18). The molecule has 0 spiro atoms. The molecule has 1 aliphatic heterocycles. The molecule has 10 nitrogen and oxygen atoms in total. The number of piperidine rings is 1. The number of carbonyl (C=O) groups is 2. The van der Waals surface area contributed by atoms with Crippen LogP contribution >= 0.6 is 0 Å².